The number of ether oxygens (including phenoxy) is 1. The first-order chi connectivity index (χ1) is 10.4. The Bertz CT molecular complexity index is 407. The topological polar surface area (TPSA) is 83.9 Å². The van der Waals surface area contributed by atoms with Gasteiger partial charge in [-0.05, 0) is 31.6 Å². The summed E-state index contributed by atoms with van der Waals surface area (Å²) in [6.45, 7) is 6.58. The van der Waals surface area contributed by atoms with Gasteiger partial charge in [-0.2, -0.15) is 0 Å². The quantitative estimate of drug-likeness (QED) is 0.753. The lowest BCUT2D eigenvalue weighted by Gasteiger charge is -2.35. The third-order valence-electron chi connectivity index (χ3n) is 4.24. The molecule has 1 rings (SSSR count). The van der Waals surface area contributed by atoms with E-state index in [0.29, 0.717) is 25.4 Å². The van der Waals surface area contributed by atoms with E-state index in [1.807, 2.05) is 6.92 Å². The lowest BCUT2D eigenvalue weighted by Crippen LogP contribution is -2.41. The summed E-state index contributed by atoms with van der Waals surface area (Å²) in [6, 6.07) is 0. The molecule has 0 spiro atoms. The number of rotatable bonds is 6. The molecule has 6 nitrogen and oxygen atoms in total. The Morgan fingerprint density at radius 3 is 2.36 bits per heavy atom. The van der Waals surface area contributed by atoms with Gasteiger partial charge in [0.25, 0.3) is 0 Å². The number of carbonyl (C=O) groups is 3. The third-order valence-corrected chi connectivity index (χ3v) is 5.18. The first-order valence-electron chi connectivity index (χ1n) is 7.64. The van der Waals surface area contributed by atoms with Crippen molar-refractivity contribution >= 4 is 28.9 Å². The number of likely N-dealkylation sites (tertiary alicyclic amines) is 1. The number of carbonyl (C=O) groups excluding carboxylic acids is 2. The Morgan fingerprint density at radius 1 is 1.32 bits per heavy atom. The number of hydrogen-bond acceptors (Lipinski definition) is 5. The fourth-order valence-corrected chi connectivity index (χ4v) is 3.69. The lowest BCUT2D eigenvalue weighted by atomic mass is 9.78. The molecule has 1 N–H and O–H groups in total. The summed E-state index contributed by atoms with van der Waals surface area (Å²) < 4.78 is 5.14. The van der Waals surface area contributed by atoms with Gasteiger partial charge in [0, 0.05) is 25.8 Å². The van der Waals surface area contributed by atoms with Crippen LogP contribution in [0.25, 0.3) is 0 Å². The van der Waals surface area contributed by atoms with Crippen LogP contribution in [0.4, 0.5) is 4.79 Å². The van der Waals surface area contributed by atoms with E-state index in [1.54, 1.807) is 6.92 Å². The van der Waals surface area contributed by atoms with E-state index in [1.165, 1.54) is 11.8 Å². The highest BCUT2D eigenvalue weighted by molar-refractivity contribution is 8.13. The highest BCUT2D eigenvalue weighted by Crippen LogP contribution is 2.32. The summed E-state index contributed by atoms with van der Waals surface area (Å²) in [5, 5.41) is 8.97. The SMILES string of the molecule is CCOC(=O)C(CSC(C)=O)C(C)C1CCN(C(=O)O)CC1. The van der Waals surface area contributed by atoms with E-state index in [9.17, 15) is 14.4 Å². The Hall–Kier alpha value is -1.24. The number of amides is 1. The maximum absolute atomic E-state index is 12.2. The molecular weight excluding hydrogens is 306 g/mol. The van der Waals surface area contributed by atoms with Gasteiger partial charge < -0.3 is 14.7 Å². The summed E-state index contributed by atoms with van der Waals surface area (Å²) in [6.07, 6.45) is 0.600. The second-order valence-electron chi connectivity index (χ2n) is 5.63. The normalized spacial score (nSPS) is 18.6. The largest absolute Gasteiger partial charge is 0.466 e. The molecule has 1 amide bonds. The molecule has 0 aromatic carbocycles. The molecule has 0 radical (unpaired) electrons. The van der Waals surface area contributed by atoms with Crippen LogP contribution in [0.2, 0.25) is 0 Å². The van der Waals surface area contributed by atoms with E-state index in [2.05, 4.69) is 0 Å². The van der Waals surface area contributed by atoms with E-state index in [0.717, 1.165) is 24.6 Å². The van der Waals surface area contributed by atoms with Gasteiger partial charge in [-0.25, -0.2) is 4.79 Å². The fraction of sp³-hybridized carbons (Fsp3) is 0.800. The first-order valence-corrected chi connectivity index (χ1v) is 8.63. The van der Waals surface area contributed by atoms with Gasteiger partial charge in [-0.3, -0.25) is 9.59 Å². The van der Waals surface area contributed by atoms with Gasteiger partial charge in [-0.1, -0.05) is 18.7 Å². The van der Waals surface area contributed by atoms with Crippen LogP contribution < -0.4 is 0 Å². The summed E-state index contributed by atoms with van der Waals surface area (Å²) >= 11 is 1.15. The van der Waals surface area contributed by atoms with Gasteiger partial charge in [0.15, 0.2) is 5.12 Å². The zero-order chi connectivity index (χ0) is 16.7. The Morgan fingerprint density at radius 2 is 1.91 bits per heavy atom. The summed E-state index contributed by atoms with van der Waals surface area (Å²) in [4.78, 5) is 35.7. The van der Waals surface area contributed by atoms with E-state index in [4.69, 9.17) is 9.84 Å². The molecule has 0 bridgehead atoms. The van der Waals surface area contributed by atoms with Crippen molar-refractivity contribution in [1.29, 1.82) is 0 Å². The van der Waals surface area contributed by atoms with Crippen molar-refractivity contribution < 1.29 is 24.2 Å². The van der Waals surface area contributed by atoms with Crippen LogP contribution >= 0.6 is 11.8 Å². The van der Waals surface area contributed by atoms with Gasteiger partial charge >= 0.3 is 12.1 Å². The van der Waals surface area contributed by atoms with Crippen molar-refractivity contribution in [2.45, 2.75) is 33.6 Å². The van der Waals surface area contributed by atoms with Crippen LogP contribution in [0.15, 0.2) is 0 Å². The Kier molecular flexibility index (Phi) is 7.72. The number of esters is 1. The maximum Gasteiger partial charge on any atom is 0.407 e. The van der Waals surface area contributed by atoms with Crippen LogP contribution in [0.1, 0.15) is 33.6 Å². The van der Waals surface area contributed by atoms with Crippen LogP contribution in [0.3, 0.4) is 0 Å². The average Bonchev–Trinajstić information content (AvgIpc) is 2.47. The van der Waals surface area contributed by atoms with Crippen LogP contribution in [0, 0.1) is 17.8 Å². The molecule has 0 saturated carbocycles. The molecule has 0 aromatic heterocycles. The first kappa shape index (κ1) is 18.8. The molecule has 1 heterocycles. The predicted molar refractivity (Wildman–Crippen MR) is 84.7 cm³/mol. The molecule has 126 valence electrons. The number of nitrogens with zero attached hydrogens (tertiary/aromatic N) is 1. The third kappa shape index (κ3) is 5.51. The van der Waals surface area contributed by atoms with Crippen molar-refractivity contribution in [1.82, 2.24) is 4.90 Å². The molecule has 7 heteroatoms. The molecular formula is C15H25NO5S. The predicted octanol–water partition coefficient (Wildman–Crippen LogP) is 2.47. The van der Waals surface area contributed by atoms with Gasteiger partial charge in [0.1, 0.15) is 0 Å². The van der Waals surface area contributed by atoms with Gasteiger partial charge in [-0.15, -0.1) is 0 Å². The molecule has 1 saturated heterocycles. The molecule has 2 unspecified atom stereocenters. The maximum atomic E-state index is 12.2. The number of piperidine rings is 1. The minimum atomic E-state index is -0.889. The highest BCUT2D eigenvalue weighted by atomic mass is 32.2. The lowest BCUT2D eigenvalue weighted by molar-refractivity contribution is -0.149. The number of thioether (sulfide) groups is 1. The summed E-state index contributed by atoms with van der Waals surface area (Å²) in [7, 11) is 0. The Balaban J connectivity index is 2.66. The minimum Gasteiger partial charge on any atom is -0.466 e. The van der Waals surface area contributed by atoms with Crippen molar-refractivity contribution in [3.8, 4) is 0 Å². The average molecular weight is 331 g/mol. The van der Waals surface area contributed by atoms with Crippen molar-refractivity contribution in [2.75, 3.05) is 25.4 Å². The minimum absolute atomic E-state index is 0.0119. The zero-order valence-corrected chi connectivity index (χ0v) is 14.2. The molecule has 0 aromatic rings. The zero-order valence-electron chi connectivity index (χ0n) is 13.4. The monoisotopic (exact) mass is 331 g/mol. The Labute approximate surface area is 135 Å². The van der Waals surface area contributed by atoms with Crippen molar-refractivity contribution in [2.24, 2.45) is 17.8 Å². The summed E-state index contributed by atoms with van der Waals surface area (Å²) in [5.74, 6) is 0.188. The highest BCUT2D eigenvalue weighted by Gasteiger charge is 2.34. The van der Waals surface area contributed by atoms with E-state index >= 15 is 0 Å². The molecule has 1 aliphatic heterocycles. The standard InChI is InChI=1S/C15H25NO5S/c1-4-21-14(18)13(9-22-11(3)17)10(2)12-5-7-16(8-6-12)15(19)20/h10,12-13H,4-9H2,1-3H3,(H,19,20). The second kappa shape index (κ2) is 9.02. The molecule has 22 heavy (non-hydrogen) atoms. The van der Waals surface area contributed by atoms with Crippen LogP contribution in [0.5, 0.6) is 0 Å². The second-order valence-corrected chi connectivity index (χ2v) is 6.82. The molecule has 1 aliphatic rings. The molecule has 1 fully saturated rings. The van der Waals surface area contributed by atoms with E-state index in [-0.39, 0.29) is 28.8 Å². The van der Waals surface area contributed by atoms with Crippen LogP contribution in [-0.2, 0) is 14.3 Å². The van der Waals surface area contributed by atoms with Crippen LogP contribution in [-0.4, -0.2) is 52.6 Å². The summed E-state index contributed by atoms with van der Waals surface area (Å²) in [5.41, 5.74) is 0. The molecule has 0 aliphatic carbocycles. The van der Waals surface area contributed by atoms with Gasteiger partial charge in [0.05, 0.1) is 12.5 Å². The van der Waals surface area contributed by atoms with Crippen molar-refractivity contribution in [3.63, 3.8) is 0 Å². The number of carboxylic acid groups (broad SMARTS) is 1. The molecule has 2 atom stereocenters. The number of hydrogen-bond donors (Lipinski definition) is 1. The van der Waals surface area contributed by atoms with E-state index < -0.39 is 6.09 Å². The smallest absolute Gasteiger partial charge is 0.407 e. The van der Waals surface area contributed by atoms with Crippen molar-refractivity contribution in [3.05, 3.63) is 0 Å². The van der Waals surface area contributed by atoms with Gasteiger partial charge in [0.2, 0.25) is 0 Å². The fourth-order valence-electron chi connectivity index (χ4n) is 2.84.